The highest BCUT2D eigenvalue weighted by Gasteiger charge is 2.23. The molecule has 0 saturated heterocycles. The third kappa shape index (κ3) is 5.31. The molecule has 1 amide bonds. The van der Waals surface area contributed by atoms with Gasteiger partial charge >= 0.3 is 0 Å². The number of halogens is 1. The van der Waals surface area contributed by atoms with Crippen molar-refractivity contribution in [1.29, 1.82) is 0 Å². The summed E-state index contributed by atoms with van der Waals surface area (Å²) in [6.45, 7) is 1.73. The van der Waals surface area contributed by atoms with Gasteiger partial charge < -0.3 is 15.2 Å². The van der Waals surface area contributed by atoms with E-state index in [0.29, 0.717) is 54.0 Å². The molecule has 2 N–H and O–H groups in total. The van der Waals surface area contributed by atoms with Gasteiger partial charge in [-0.25, -0.2) is 18.1 Å². The Bertz CT molecular complexity index is 1320. The van der Waals surface area contributed by atoms with Gasteiger partial charge in [-0.05, 0) is 50.3 Å². The van der Waals surface area contributed by atoms with E-state index in [1.165, 1.54) is 41.7 Å². The van der Waals surface area contributed by atoms with Gasteiger partial charge in [-0.2, -0.15) is 9.46 Å². The zero-order chi connectivity index (χ0) is 23.8. The normalized spacial score (nSPS) is 18.8. The highest BCUT2D eigenvalue weighted by Crippen LogP contribution is 2.34. The standard InChI is InChI=1S/C22H26FN5O4S/c1-13-17(22(30)27-33(2,3)31)11-28-20(13)21(24-12-25-28)26-18-9-4-14(23)10-19(18)32-16-7-5-15(29)6-8-16/h4,9-12,15-16,29H,5-8H2,1-3H3,(H,24,25,26). The van der Waals surface area contributed by atoms with Crippen LogP contribution in [-0.4, -0.2) is 54.5 Å². The Balaban J connectivity index is 1.68. The van der Waals surface area contributed by atoms with Gasteiger partial charge in [0.2, 0.25) is 0 Å². The van der Waals surface area contributed by atoms with Crippen molar-refractivity contribution in [1.82, 2.24) is 14.6 Å². The molecule has 1 aromatic carbocycles. The van der Waals surface area contributed by atoms with Crippen LogP contribution in [-0.2, 0) is 9.73 Å². The monoisotopic (exact) mass is 475 g/mol. The average molecular weight is 476 g/mol. The van der Waals surface area contributed by atoms with Crippen molar-refractivity contribution < 1.29 is 23.2 Å². The van der Waals surface area contributed by atoms with Gasteiger partial charge in [0.15, 0.2) is 5.82 Å². The molecule has 1 aliphatic carbocycles. The Morgan fingerprint density at radius 3 is 2.73 bits per heavy atom. The lowest BCUT2D eigenvalue weighted by Gasteiger charge is -2.27. The molecule has 2 heterocycles. The van der Waals surface area contributed by atoms with Crippen molar-refractivity contribution in [2.45, 2.75) is 44.8 Å². The predicted octanol–water partition coefficient (Wildman–Crippen LogP) is 3.47. The van der Waals surface area contributed by atoms with Crippen molar-refractivity contribution >= 4 is 32.7 Å². The van der Waals surface area contributed by atoms with Crippen molar-refractivity contribution in [2.75, 3.05) is 17.8 Å². The molecule has 4 rings (SSSR count). The summed E-state index contributed by atoms with van der Waals surface area (Å²) in [6, 6.07) is 4.18. The van der Waals surface area contributed by atoms with Crippen LogP contribution in [0.25, 0.3) is 5.52 Å². The molecule has 0 radical (unpaired) electrons. The number of carbonyl (C=O) groups is 1. The average Bonchev–Trinajstić information content (AvgIpc) is 3.08. The molecule has 176 valence electrons. The van der Waals surface area contributed by atoms with Crippen LogP contribution in [0.15, 0.2) is 35.1 Å². The predicted molar refractivity (Wildman–Crippen MR) is 123 cm³/mol. The number of hydrogen-bond donors (Lipinski definition) is 2. The lowest BCUT2D eigenvalue weighted by molar-refractivity contribution is 0.0668. The minimum Gasteiger partial charge on any atom is -0.488 e. The van der Waals surface area contributed by atoms with Crippen LogP contribution < -0.4 is 10.1 Å². The van der Waals surface area contributed by atoms with E-state index >= 15 is 0 Å². The maximum Gasteiger partial charge on any atom is 0.286 e. The van der Waals surface area contributed by atoms with Crippen LogP contribution in [0.2, 0.25) is 0 Å². The molecule has 0 bridgehead atoms. The molecule has 2 aromatic heterocycles. The summed E-state index contributed by atoms with van der Waals surface area (Å²) in [5.74, 6) is -0.300. The molecule has 0 unspecified atom stereocenters. The molecule has 11 heteroatoms. The molecule has 3 aromatic rings. The summed E-state index contributed by atoms with van der Waals surface area (Å²) >= 11 is 0. The van der Waals surface area contributed by atoms with E-state index < -0.39 is 21.5 Å². The number of aliphatic hydroxyl groups excluding tert-OH is 1. The molecule has 1 aliphatic rings. The van der Waals surface area contributed by atoms with Gasteiger partial charge in [-0.1, -0.05) is 0 Å². The van der Waals surface area contributed by atoms with Crippen molar-refractivity contribution in [3.63, 3.8) is 0 Å². The molecule has 33 heavy (non-hydrogen) atoms. The number of fused-ring (bicyclic) bond motifs is 1. The SMILES string of the molecule is Cc1c(C(=O)N=S(C)(C)=O)cn2ncnc(Nc3ccc(F)cc3OC3CCC(O)CC3)c12. The van der Waals surface area contributed by atoms with E-state index in [1.807, 2.05) is 0 Å². The first-order valence-electron chi connectivity index (χ1n) is 10.6. The maximum atomic E-state index is 14.0. The number of nitrogens with zero attached hydrogens (tertiary/aromatic N) is 4. The number of aromatic nitrogens is 3. The van der Waals surface area contributed by atoms with Crippen molar-refractivity contribution in [2.24, 2.45) is 4.36 Å². The number of amides is 1. The Morgan fingerprint density at radius 1 is 1.30 bits per heavy atom. The first-order valence-corrected chi connectivity index (χ1v) is 12.9. The number of nitrogens with one attached hydrogen (secondary N) is 1. The Morgan fingerprint density at radius 2 is 2.03 bits per heavy atom. The van der Waals surface area contributed by atoms with Gasteiger partial charge in [0.25, 0.3) is 5.91 Å². The summed E-state index contributed by atoms with van der Waals surface area (Å²) in [6.07, 6.45) is 7.83. The van der Waals surface area contributed by atoms with E-state index in [2.05, 4.69) is 19.8 Å². The highest BCUT2D eigenvalue weighted by atomic mass is 32.2. The Labute approximate surface area is 191 Å². The van der Waals surface area contributed by atoms with Gasteiger partial charge in [0.05, 0.1) is 23.5 Å². The van der Waals surface area contributed by atoms with Crippen LogP contribution in [0.4, 0.5) is 15.9 Å². The number of anilines is 2. The van der Waals surface area contributed by atoms with Crippen LogP contribution in [0.5, 0.6) is 5.75 Å². The largest absolute Gasteiger partial charge is 0.488 e. The molecular formula is C22H26FN5O4S. The number of ether oxygens (including phenoxy) is 1. The van der Waals surface area contributed by atoms with Crippen molar-refractivity contribution in [3.8, 4) is 5.75 Å². The summed E-state index contributed by atoms with van der Waals surface area (Å²) < 4.78 is 37.3. The van der Waals surface area contributed by atoms with Crippen LogP contribution in [0, 0.1) is 12.7 Å². The zero-order valence-corrected chi connectivity index (χ0v) is 19.4. The molecule has 1 saturated carbocycles. The number of rotatable bonds is 5. The van der Waals surface area contributed by atoms with Crippen LogP contribution in [0.1, 0.15) is 41.6 Å². The van der Waals surface area contributed by atoms with E-state index in [0.717, 1.165) is 0 Å². The number of benzene rings is 1. The third-order valence-electron chi connectivity index (χ3n) is 5.49. The van der Waals surface area contributed by atoms with E-state index in [-0.39, 0.29) is 17.8 Å². The minimum atomic E-state index is -2.61. The number of aliphatic hydroxyl groups is 1. The maximum absolute atomic E-state index is 14.0. The highest BCUT2D eigenvalue weighted by molar-refractivity contribution is 7.92. The number of carbonyl (C=O) groups excluding carboxylic acids is 1. The van der Waals surface area contributed by atoms with Gasteiger partial charge in [0, 0.05) is 34.5 Å². The fraction of sp³-hybridized carbons (Fsp3) is 0.409. The van der Waals surface area contributed by atoms with Gasteiger partial charge in [0.1, 0.15) is 23.4 Å². The van der Waals surface area contributed by atoms with E-state index in [4.69, 9.17) is 4.74 Å². The fourth-order valence-electron chi connectivity index (χ4n) is 3.88. The van der Waals surface area contributed by atoms with E-state index in [1.54, 1.807) is 13.0 Å². The lowest BCUT2D eigenvalue weighted by atomic mass is 9.95. The van der Waals surface area contributed by atoms with Gasteiger partial charge in [-0.15, -0.1) is 0 Å². The zero-order valence-electron chi connectivity index (χ0n) is 18.6. The van der Waals surface area contributed by atoms with E-state index in [9.17, 15) is 18.5 Å². The Hall–Kier alpha value is -3.05. The molecular weight excluding hydrogens is 449 g/mol. The summed E-state index contributed by atoms with van der Waals surface area (Å²) in [5, 5.41) is 17.1. The second-order valence-corrected chi connectivity index (χ2v) is 11.0. The second kappa shape index (κ2) is 9.06. The molecule has 0 aliphatic heterocycles. The topological polar surface area (TPSA) is 118 Å². The smallest absolute Gasteiger partial charge is 0.286 e. The third-order valence-corrected chi connectivity index (χ3v) is 6.10. The minimum absolute atomic E-state index is 0.125. The molecule has 0 spiro atoms. The Kier molecular flexibility index (Phi) is 6.35. The van der Waals surface area contributed by atoms with Gasteiger partial charge in [-0.3, -0.25) is 4.79 Å². The number of hydrogen-bond acceptors (Lipinski definition) is 7. The summed E-state index contributed by atoms with van der Waals surface area (Å²) in [4.78, 5) is 16.9. The molecule has 9 nitrogen and oxygen atoms in total. The fourth-order valence-corrected chi connectivity index (χ4v) is 4.38. The summed E-state index contributed by atoms with van der Waals surface area (Å²) in [5.41, 5.74) is 1.88. The lowest BCUT2D eigenvalue weighted by Crippen LogP contribution is -2.26. The first-order chi connectivity index (χ1) is 15.6. The molecule has 1 fully saturated rings. The van der Waals surface area contributed by atoms with Crippen LogP contribution in [0.3, 0.4) is 0 Å². The summed E-state index contributed by atoms with van der Waals surface area (Å²) in [7, 11) is -2.61. The number of aryl methyl sites for hydroxylation is 1. The first kappa shape index (κ1) is 23.1. The van der Waals surface area contributed by atoms with Crippen LogP contribution >= 0.6 is 0 Å². The quantitative estimate of drug-likeness (QED) is 0.580. The second-order valence-electron chi connectivity index (χ2n) is 8.46. The van der Waals surface area contributed by atoms with Crippen molar-refractivity contribution in [3.05, 3.63) is 47.7 Å². The molecule has 0 atom stereocenters.